The molecule has 0 fully saturated rings. The van der Waals surface area contributed by atoms with Crippen molar-refractivity contribution in [3.8, 4) is 6.07 Å². The Morgan fingerprint density at radius 2 is 1.78 bits per heavy atom. The summed E-state index contributed by atoms with van der Waals surface area (Å²) in [5.41, 5.74) is 1.57. The Balaban J connectivity index is 2.32. The van der Waals surface area contributed by atoms with Crippen LogP contribution < -0.4 is 0 Å². The molecule has 2 aromatic rings. The molecule has 0 spiro atoms. The molecule has 2 aromatic carbocycles. The number of nitrogens with zero attached hydrogens (tertiary/aromatic N) is 1. The van der Waals surface area contributed by atoms with E-state index in [2.05, 4.69) is 0 Å². The van der Waals surface area contributed by atoms with Gasteiger partial charge in [0.05, 0.1) is 6.61 Å². The maximum Gasteiger partial charge on any atom is 0.348 e. The molecular formula is C19H15NO3. The first-order chi connectivity index (χ1) is 11.2. The van der Waals surface area contributed by atoms with Gasteiger partial charge < -0.3 is 4.74 Å². The molecule has 0 bridgehead atoms. The lowest BCUT2D eigenvalue weighted by molar-refractivity contribution is -0.137. The largest absolute Gasteiger partial charge is 0.462 e. The van der Waals surface area contributed by atoms with Crippen molar-refractivity contribution in [2.24, 2.45) is 0 Å². The van der Waals surface area contributed by atoms with Crippen LogP contribution in [0.25, 0.3) is 6.08 Å². The molecule has 23 heavy (non-hydrogen) atoms. The number of esters is 1. The Bertz CT molecular complexity index is 786. The lowest BCUT2D eigenvalue weighted by atomic mass is 10.0. The fourth-order valence-electron chi connectivity index (χ4n) is 2.04. The molecule has 0 aromatic heterocycles. The highest BCUT2D eigenvalue weighted by Gasteiger charge is 2.11. The monoisotopic (exact) mass is 305 g/mol. The SMILES string of the molecule is CCOC(=O)/C(C#N)=C\c1cccc(C(=O)c2ccccc2)c1. The van der Waals surface area contributed by atoms with Gasteiger partial charge in [0.2, 0.25) is 0 Å². The molecule has 0 aliphatic carbocycles. The van der Waals surface area contributed by atoms with Crippen molar-refractivity contribution in [2.75, 3.05) is 6.61 Å². The molecule has 0 atom stereocenters. The topological polar surface area (TPSA) is 67.2 Å². The fraction of sp³-hybridized carbons (Fsp3) is 0.105. The first-order valence-electron chi connectivity index (χ1n) is 7.14. The minimum atomic E-state index is -0.671. The highest BCUT2D eigenvalue weighted by atomic mass is 16.5. The van der Waals surface area contributed by atoms with Crippen molar-refractivity contribution < 1.29 is 14.3 Å². The van der Waals surface area contributed by atoms with E-state index in [1.165, 1.54) is 6.08 Å². The van der Waals surface area contributed by atoms with Gasteiger partial charge in [-0.2, -0.15) is 5.26 Å². The number of hydrogen-bond acceptors (Lipinski definition) is 4. The van der Waals surface area contributed by atoms with Crippen molar-refractivity contribution in [1.82, 2.24) is 0 Å². The van der Waals surface area contributed by atoms with Crippen molar-refractivity contribution in [3.05, 3.63) is 76.9 Å². The molecule has 0 amide bonds. The van der Waals surface area contributed by atoms with Crippen LogP contribution in [0.3, 0.4) is 0 Å². The van der Waals surface area contributed by atoms with E-state index >= 15 is 0 Å². The Hall–Kier alpha value is -3.19. The average Bonchev–Trinajstić information content (AvgIpc) is 2.60. The van der Waals surface area contributed by atoms with Crippen molar-refractivity contribution >= 4 is 17.8 Å². The van der Waals surface area contributed by atoms with E-state index in [1.54, 1.807) is 55.5 Å². The molecule has 0 saturated carbocycles. The Kier molecular flexibility index (Phi) is 5.43. The van der Waals surface area contributed by atoms with Crippen LogP contribution in [-0.2, 0) is 9.53 Å². The third-order valence-corrected chi connectivity index (χ3v) is 3.11. The molecule has 114 valence electrons. The molecule has 0 aliphatic rings. The average molecular weight is 305 g/mol. The molecule has 0 aliphatic heterocycles. The van der Waals surface area contributed by atoms with E-state index in [4.69, 9.17) is 10.00 Å². The molecule has 0 saturated heterocycles. The van der Waals surface area contributed by atoms with Crippen molar-refractivity contribution in [2.45, 2.75) is 6.92 Å². The maximum absolute atomic E-state index is 12.4. The van der Waals surface area contributed by atoms with Gasteiger partial charge in [0, 0.05) is 11.1 Å². The number of rotatable bonds is 5. The minimum Gasteiger partial charge on any atom is -0.462 e. The highest BCUT2D eigenvalue weighted by Crippen LogP contribution is 2.14. The van der Waals surface area contributed by atoms with Crippen LogP contribution in [0, 0.1) is 11.3 Å². The van der Waals surface area contributed by atoms with Gasteiger partial charge in [-0.25, -0.2) is 4.79 Å². The molecular weight excluding hydrogens is 290 g/mol. The minimum absolute atomic E-state index is 0.101. The summed E-state index contributed by atoms with van der Waals surface area (Å²) in [6.07, 6.45) is 1.42. The van der Waals surface area contributed by atoms with Gasteiger partial charge in [-0.05, 0) is 24.6 Å². The summed E-state index contributed by atoms with van der Waals surface area (Å²) in [7, 11) is 0. The summed E-state index contributed by atoms with van der Waals surface area (Å²) in [5.74, 6) is -0.787. The van der Waals surface area contributed by atoms with Crippen LogP contribution in [0.15, 0.2) is 60.2 Å². The van der Waals surface area contributed by atoms with E-state index in [9.17, 15) is 9.59 Å². The molecule has 4 nitrogen and oxygen atoms in total. The summed E-state index contributed by atoms with van der Waals surface area (Å²) >= 11 is 0. The molecule has 4 heteroatoms. The summed E-state index contributed by atoms with van der Waals surface area (Å²) in [6.45, 7) is 1.87. The van der Waals surface area contributed by atoms with Crippen LogP contribution in [-0.4, -0.2) is 18.4 Å². The van der Waals surface area contributed by atoms with E-state index in [0.717, 1.165) is 0 Å². The van der Waals surface area contributed by atoms with Gasteiger partial charge >= 0.3 is 5.97 Å². The van der Waals surface area contributed by atoms with Gasteiger partial charge in [-0.3, -0.25) is 4.79 Å². The van der Waals surface area contributed by atoms with Gasteiger partial charge in [0.15, 0.2) is 5.78 Å². The number of carbonyl (C=O) groups is 2. The zero-order valence-electron chi connectivity index (χ0n) is 12.7. The predicted molar refractivity (Wildman–Crippen MR) is 86.5 cm³/mol. The van der Waals surface area contributed by atoms with Gasteiger partial charge in [-0.15, -0.1) is 0 Å². The normalized spacial score (nSPS) is 10.7. The van der Waals surface area contributed by atoms with Crippen LogP contribution in [0.5, 0.6) is 0 Å². The summed E-state index contributed by atoms with van der Waals surface area (Å²) in [4.78, 5) is 24.1. The highest BCUT2D eigenvalue weighted by molar-refractivity contribution is 6.09. The van der Waals surface area contributed by atoms with Gasteiger partial charge in [-0.1, -0.05) is 48.5 Å². The third-order valence-electron chi connectivity index (χ3n) is 3.11. The quantitative estimate of drug-likeness (QED) is 0.367. The smallest absolute Gasteiger partial charge is 0.348 e. The van der Waals surface area contributed by atoms with E-state index < -0.39 is 5.97 Å². The van der Waals surface area contributed by atoms with E-state index in [-0.39, 0.29) is 18.0 Å². The van der Waals surface area contributed by atoms with E-state index in [1.807, 2.05) is 12.1 Å². The lowest BCUT2D eigenvalue weighted by Crippen LogP contribution is -2.06. The number of benzene rings is 2. The molecule has 0 heterocycles. The van der Waals surface area contributed by atoms with Crippen LogP contribution in [0.2, 0.25) is 0 Å². The fourth-order valence-corrected chi connectivity index (χ4v) is 2.04. The number of carbonyl (C=O) groups excluding carboxylic acids is 2. The Labute approximate surface area is 134 Å². The lowest BCUT2D eigenvalue weighted by Gasteiger charge is -2.03. The first-order valence-corrected chi connectivity index (χ1v) is 7.14. The molecule has 0 unspecified atom stereocenters. The third kappa shape index (κ3) is 4.14. The molecule has 0 N–H and O–H groups in total. The second-order valence-corrected chi connectivity index (χ2v) is 4.71. The predicted octanol–water partition coefficient (Wildman–Crippen LogP) is 3.39. The zero-order valence-corrected chi connectivity index (χ0v) is 12.7. The summed E-state index contributed by atoms with van der Waals surface area (Å²) < 4.78 is 4.82. The number of hydrogen-bond donors (Lipinski definition) is 0. The van der Waals surface area contributed by atoms with Crippen LogP contribution in [0.4, 0.5) is 0 Å². The van der Waals surface area contributed by atoms with Crippen molar-refractivity contribution in [3.63, 3.8) is 0 Å². The maximum atomic E-state index is 12.4. The zero-order chi connectivity index (χ0) is 16.7. The number of ketones is 1. The second-order valence-electron chi connectivity index (χ2n) is 4.71. The first kappa shape index (κ1) is 16.2. The van der Waals surface area contributed by atoms with E-state index in [0.29, 0.717) is 16.7 Å². The number of nitriles is 1. The van der Waals surface area contributed by atoms with Crippen LogP contribution >= 0.6 is 0 Å². The van der Waals surface area contributed by atoms with Gasteiger partial charge in [0.25, 0.3) is 0 Å². The van der Waals surface area contributed by atoms with Gasteiger partial charge in [0.1, 0.15) is 11.6 Å². The second kappa shape index (κ2) is 7.71. The Morgan fingerprint density at radius 1 is 1.09 bits per heavy atom. The Morgan fingerprint density at radius 3 is 2.43 bits per heavy atom. The summed E-state index contributed by atoms with van der Waals surface area (Å²) in [6, 6.07) is 17.5. The van der Waals surface area contributed by atoms with Crippen molar-refractivity contribution in [1.29, 1.82) is 5.26 Å². The van der Waals surface area contributed by atoms with Crippen LogP contribution in [0.1, 0.15) is 28.4 Å². The molecule has 0 radical (unpaired) electrons. The standard InChI is InChI=1S/C19H15NO3/c1-2-23-19(22)17(13-20)12-14-7-6-10-16(11-14)18(21)15-8-4-3-5-9-15/h3-12H,2H2,1H3/b17-12-. The number of ether oxygens (including phenoxy) is 1. The summed E-state index contributed by atoms with van der Waals surface area (Å²) in [5, 5.41) is 9.05. The molecule has 2 rings (SSSR count).